The molecule has 0 aliphatic rings. The average Bonchev–Trinajstić information content (AvgIpc) is 2.38. The first-order valence-corrected chi connectivity index (χ1v) is 7.00. The van der Waals surface area contributed by atoms with Crippen LogP contribution in [0.4, 0.5) is 58.4 Å². The highest BCUT2D eigenvalue weighted by Gasteiger charge is 2.81. The summed E-state index contributed by atoms with van der Waals surface area (Å²) in [6, 6.07) is -0.850. The van der Waals surface area contributed by atoms with Gasteiger partial charge in [0.15, 0.2) is 0 Å². The number of anilines is 1. The van der Waals surface area contributed by atoms with E-state index in [1.807, 2.05) is 0 Å². The van der Waals surface area contributed by atoms with Gasteiger partial charge >= 0.3 is 29.5 Å². The van der Waals surface area contributed by atoms with Gasteiger partial charge in [0.25, 0.3) is 0 Å². The monoisotopic (exact) mass is 445 g/mol. The minimum atomic E-state index is -7.04. The van der Waals surface area contributed by atoms with E-state index < -0.39 is 68.4 Å². The molecule has 0 fully saturated rings. The average molecular weight is 446 g/mol. The van der Waals surface area contributed by atoms with Crippen LogP contribution < -0.4 is 5.73 Å². The van der Waals surface area contributed by atoms with Crippen molar-refractivity contribution in [2.45, 2.75) is 34.3 Å². The molecular formula is C11H4ClF12NS. The lowest BCUT2D eigenvalue weighted by Crippen LogP contribution is -2.59. The lowest BCUT2D eigenvalue weighted by Gasteiger charge is -2.36. The van der Waals surface area contributed by atoms with Gasteiger partial charge in [0.05, 0.1) is 10.7 Å². The fourth-order valence-corrected chi connectivity index (χ4v) is 2.65. The molecule has 0 heterocycles. The molecule has 0 saturated heterocycles. The summed E-state index contributed by atoms with van der Waals surface area (Å²) in [6.07, 6.45) is -13.9. The van der Waals surface area contributed by atoms with Crippen LogP contribution in [0.5, 0.6) is 0 Å². The van der Waals surface area contributed by atoms with Crippen molar-refractivity contribution >= 4 is 29.1 Å². The molecule has 2 N–H and O–H groups in total. The van der Waals surface area contributed by atoms with Gasteiger partial charge in [-0.2, -0.15) is 48.3 Å². The number of benzene rings is 1. The van der Waals surface area contributed by atoms with Gasteiger partial charge in [-0.1, -0.05) is 11.6 Å². The fraction of sp³-hybridized carbons (Fsp3) is 0.455. The topological polar surface area (TPSA) is 26.0 Å². The van der Waals surface area contributed by atoms with E-state index in [0.717, 1.165) is 0 Å². The highest BCUT2D eigenvalue weighted by atomic mass is 35.5. The molecule has 0 aliphatic heterocycles. The number of halogens is 13. The maximum absolute atomic E-state index is 14.2. The Kier molecular flexibility index (Phi) is 5.68. The number of nitrogen functional groups attached to an aromatic ring is 1. The third kappa shape index (κ3) is 3.89. The lowest BCUT2D eigenvalue weighted by molar-refractivity contribution is -0.389. The molecule has 1 nitrogen and oxygen atoms in total. The van der Waals surface area contributed by atoms with Crippen LogP contribution in [-0.4, -0.2) is 23.8 Å². The van der Waals surface area contributed by atoms with Crippen LogP contribution in [0.1, 0.15) is 5.56 Å². The molecule has 26 heavy (non-hydrogen) atoms. The van der Waals surface area contributed by atoms with Crippen LogP contribution in [-0.2, 0) is 5.67 Å². The van der Waals surface area contributed by atoms with Crippen LogP contribution in [0.15, 0.2) is 17.0 Å². The minimum Gasteiger partial charge on any atom is -0.397 e. The third-order valence-electron chi connectivity index (χ3n) is 2.89. The van der Waals surface area contributed by atoms with Crippen molar-refractivity contribution in [3.63, 3.8) is 0 Å². The highest BCUT2D eigenvalue weighted by molar-refractivity contribution is 8.00. The second-order valence-corrected chi connectivity index (χ2v) is 6.16. The van der Waals surface area contributed by atoms with E-state index in [9.17, 15) is 52.7 Å². The van der Waals surface area contributed by atoms with Gasteiger partial charge in [0.1, 0.15) is 0 Å². The summed E-state index contributed by atoms with van der Waals surface area (Å²) < 4.78 is 154. The highest BCUT2D eigenvalue weighted by Crippen LogP contribution is 2.59. The quantitative estimate of drug-likeness (QED) is 0.328. The number of nitrogens with two attached hydrogens (primary N) is 1. The summed E-state index contributed by atoms with van der Waals surface area (Å²) in [5.41, 5.74) is -10.2. The van der Waals surface area contributed by atoms with Crippen LogP contribution in [0.25, 0.3) is 0 Å². The molecule has 15 heteroatoms. The van der Waals surface area contributed by atoms with E-state index in [0.29, 0.717) is 0 Å². The Balaban J connectivity index is 3.81. The van der Waals surface area contributed by atoms with Gasteiger partial charge in [-0.25, -0.2) is 4.39 Å². The molecule has 0 amide bonds. The molecule has 0 saturated carbocycles. The van der Waals surface area contributed by atoms with Crippen LogP contribution in [0.3, 0.4) is 0 Å². The van der Waals surface area contributed by atoms with E-state index in [1.54, 1.807) is 0 Å². The Morgan fingerprint density at radius 1 is 0.769 bits per heavy atom. The number of thioether (sulfide) groups is 1. The maximum Gasteiger partial charge on any atom is 0.457 e. The number of hydrogen-bond donors (Lipinski definition) is 1. The molecule has 0 bridgehead atoms. The molecule has 0 aromatic heterocycles. The van der Waals surface area contributed by atoms with Gasteiger partial charge in [-0.3, -0.25) is 0 Å². The summed E-state index contributed by atoms with van der Waals surface area (Å²) in [4.78, 5) is -1.48. The Morgan fingerprint density at radius 2 is 1.23 bits per heavy atom. The smallest absolute Gasteiger partial charge is 0.397 e. The minimum absolute atomic E-state index is 0.343. The summed E-state index contributed by atoms with van der Waals surface area (Å²) in [7, 11) is 0. The normalized spacial score (nSPS) is 16.5. The van der Waals surface area contributed by atoms with E-state index in [2.05, 4.69) is 0 Å². The zero-order valence-corrected chi connectivity index (χ0v) is 13.1. The number of rotatable bonds is 3. The Labute approximate surface area is 145 Å². The van der Waals surface area contributed by atoms with E-state index in [1.165, 1.54) is 0 Å². The molecule has 0 radical (unpaired) electrons. The van der Waals surface area contributed by atoms with Crippen molar-refractivity contribution in [3.05, 3.63) is 22.7 Å². The van der Waals surface area contributed by atoms with Gasteiger partial charge in [0, 0.05) is 10.5 Å². The van der Waals surface area contributed by atoms with Crippen LogP contribution in [0, 0.1) is 0 Å². The predicted octanol–water partition coefficient (Wildman–Crippen LogP) is 6.46. The summed E-state index contributed by atoms with van der Waals surface area (Å²) in [6.45, 7) is 0. The van der Waals surface area contributed by atoms with E-state index >= 15 is 0 Å². The largest absolute Gasteiger partial charge is 0.457 e. The van der Waals surface area contributed by atoms with E-state index in [-0.39, 0.29) is 6.07 Å². The molecule has 1 rings (SSSR count). The summed E-state index contributed by atoms with van der Waals surface area (Å²) >= 11 is 3.93. The molecule has 0 aliphatic carbocycles. The van der Waals surface area contributed by atoms with Crippen molar-refractivity contribution in [1.82, 2.24) is 0 Å². The molecular weight excluding hydrogens is 442 g/mol. The Morgan fingerprint density at radius 3 is 1.58 bits per heavy atom. The molecule has 1 aromatic carbocycles. The summed E-state index contributed by atoms with van der Waals surface area (Å²) in [5.74, 6) is -7.04. The molecule has 0 spiro atoms. The molecule has 150 valence electrons. The molecule has 1 unspecified atom stereocenters. The van der Waals surface area contributed by atoms with Gasteiger partial charge < -0.3 is 5.73 Å². The first kappa shape index (κ1) is 22.9. The Hall–Kier alpha value is -1.18. The van der Waals surface area contributed by atoms with Crippen molar-refractivity contribution in [3.8, 4) is 0 Å². The Bertz CT molecular complexity index is 679. The lowest BCUT2D eigenvalue weighted by atomic mass is 9.87. The standard InChI is InChI=1S/C11H4ClF12NS/c12-4-1-3(2-5(6(4)25)26-11(22,23)24)7(13,9(16,17)18)8(14,15)10(19,20)21/h1-2H,25H2. The predicted molar refractivity (Wildman–Crippen MR) is 67.6 cm³/mol. The van der Waals surface area contributed by atoms with Crippen LogP contribution in [0.2, 0.25) is 5.02 Å². The van der Waals surface area contributed by atoms with Crippen molar-refractivity contribution < 1.29 is 52.7 Å². The van der Waals surface area contributed by atoms with E-state index in [4.69, 9.17) is 17.3 Å². The SMILES string of the molecule is Nc1c(Cl)cc(C(F)(C(F)(F)F)C(F)(F)C(F)(F)F)cc1SC(F)(F)F. The maximum atomic E-state index is 14.2. The first-order valence-electron chi connectivity index (χ1n) is 5.81. The van der Waals surface area contributed by atoms with Crippen LogP contribution >= 0.6 is 23.4 Å². The van der Waals surface area contributed by atoms with Gasteiger partial charge in [-0.15, -0.1) is 0 Å². The fourth-order valence-electron chi connectivity index (χ4n) is 1.72. The first-order chi connectivity index (χ1) is 11.3. The van der Waals surface area contributed by atoms with Crippen molar-refractivity contribution in [2.75, 3.05) is 5.73 Å². The second-order valence-electron chi connectivity index (χ2n) is 4.65. The van der Waals surface area contributed by atoms with Gasteiger partial charge in [0.2, 0.25) is 0 Å². The number of alkyl halides is 12. The zero-order valence-electron chi connectivity index (χ0n) is 11.6. The number of hydrogen-bond acceptors (Lipinski definition) is 2. The molecule has 1 atom stereocenters. The third-order valence-corrected chi connectivity index (χ3v) is 4.00. The zero-order chi connectivity index (χ0) is 20.9. The van der Waals surface area contributed by atoms with Crippen molar-refractivity contribution in [1.29, 1.82) is 0 Å². The second kappa shape index (κ2) is 6.46. The van der Waals surface area contributed by atoms with Gasteiger partial charge in [-0.05, 0) is 23.9 Å². The van der Waals surface area contributed by atoms with Crippen molar-refractivity contribution in [2.24, 2.45) is 0 Å². The molecule has 1 aromatic rings. The summed E-state index contributed by atoms with van der Waals surface area (Å²) in [5, 5.41) is -1.28.